The Bertz CT molecular complexity index is 333. The van der Waals surface area contributed by atoms with Crippen LogP contribution in [-0.4, -0.2) is 64.3 Å². The molecule has 1 aliphatic rings. The number of aliphatic hydroxyl groups is 1. The molecule has 1 rings (SSSR count). The summed E-state index contributed by atoms with van der Waals surface area (Å²) >= 11 is 0. The highest BCUT2D eigenvalue weighted by Gasteiger charge is 2.29. The van der Waals surface area contributed by atoms with Crippen molar-refractivity contribution in [1.29, 1.82) is 0 Å². The Morgan fingerprint density at radius 2 is 2.15 bits per heavy atom. The van der Waals surface area contributed by atoms with Gasteiger partial charge in [-0.1, -0.05) is 0 Å². The second kappa shape index (κ2) is 8.09. The van der Waals surface area contributed by atoms with E-state index in [4.69, 9.17) is 10.2 Å². The van der Waals surface area contributed by atoms with Gasteiger partial charge in [-0.2, -0.15) is 0 Å². The third-order valence-corrected chi connectivity index (χ3v) is 3.92. The molecule has 0 spiro atoms. The first-order valence-corrected chi connectivity index (χ1v) is 7.37. The van der Waals surface area contributed by atoms with E-state index in [1.807, 2.05) is 6.92 Å². The Morgan fingerprint density at radius 1 is 1.45 bits per heavy atom. The fourth-order valence-corrected chi connectivity index (χ4v) is 2.84. The molecule has 1 aliphatic heterocycles. The standard InChI is InChI=1S/C14H26N2O4/c1-3-16(11(2)9-13(18)19)14(20)15-7-4-5-12(10-15)6-8-17/h11-12,17H,3-10H2,1-2H3,(H,18,19). The lowest BCUT2D eigenvalue weighted by atomic mass is 9.95. The van der Waals surface area contributed by atoms with Crippen LogP contribution >= 0.6 is 0 Å². The molecule has 0 radical (unpaired) electrons. The normalized spacial score (nSPS) is 20.6. The summed E-state index contributed by atoms with van der Waals surface area (Å²) in [6.07, 6.45) is 2.68. The van der Waals surface area contributed by atoms with E-state index in [0.717, 1.165) is 25.8 Å². The van der Waals surface area contributed by atoms with Gasteiger partial charge in [0.1, 0.15) is 0 Å². The monoisotopic (exact) mass is 286 g/mol. The van der Waals surface area contributed by atoms with Crippen LogP contribution in [0.25, 0.3) is 0 Å². The molecule has 0 saturated carbocycles. The highest BCUT2D eigenvalue weighted by molar-refractivity contribution is 5.76. The molecule has 6 heteroatoms. The molecule has 2 atom stereocenters. The lowest BCUT2D eigenvalue weighted by molar-refractivity contribution is -0.138. The van der Waals surface area contributed by atoms with Crippen LogP contribution in [0.2, 0.25) is 0 Å². The predicted octanol–water partition coefficient (Wildman–Crippen LogP) is 1.39. The highest BCUT2D eigenvalue weighted by atomic mass is 16.4. The number of carboxylic acids is 1. The van der Waals surface area contributed by atoms with Crippen molar-refractivity contribution in [3.8, 4) is 0 Å². The summed E-state index contributed by atoms with van der Waals surface area (Å²) in [7, 11) is 0. The molecule has 2 unspecified atom stereocenters. The lowest BCUT2D eigenvalue weighted by Gasteiger charge is -2.38. The van der Waals surface area contributed by atoms with Gasteiger partial charge in [0.15, 0.2) is 0 Å². The SMILES string of the molecule is CCN(C(=O)N1CCCC(CCO)C1)C(C)CC(=O)O. The van der Waals surface area contributed by atoms with Crippen LogP contribution in [0.3, 0.4) is 0 Å². The smallest absolute Gasteiger partial charge is 0.320 e. The third kappa shape index (κ3) is 4.67. The van der Waals surface area contributed by atoms with Gasteiger partial charge in [0.25, 0.3) is 0 Å². The van der Waals surface area contributed by atoms with Crippen molar-refractivity contribution in [3.05, 3.63) is 0 Å². The van der Waals surface area contributed by atoms with Crippen LogP contribution < -0.4 is 0 Å². The molecular formula is C14H26N2O4. The number of hydrogen-bond donors (Lipinski definition) is 2. The van der Waals surface area contributed by atoms with Crippen LogP contribution in [0.15, 0.2) is 0 Å². The minimum absolute atomic E-state index is 0.0342. The molecular weight excluding hydrogens is 260 g/mol. The van der Waals surface area contributed by atoms with Gasteiger partial charge in [0.05, 0.1) is 6.42 Å². The number of piperidine rings is 1. The van der Waals surface area contributed by atoms with Crippen LogP contribution in [-0.2, 0) is 4.79 Å². The van der Waals surface area contributed by atoms with Gasteiger partial charge < -0.3 is 20.0 Å². The number of carboxylic acid groups (broad SMARTS) is 1. The molecule has 0 aromatic rings. The molecule has 0 bridgehead atoms. The zero-order chi connectivity index (χ0) is 15.1. The average molecular weight is 286 g/mol. The Balaban J connectivity index is 2.63. The number of rotatable bonds is 6. The summed E-state index contributed by atoms with van der Waals surface area (Å²) in [5, 5.41) is 17.9. The molecule has 20 heavy (non-hydrogen) atoms. The van der Waals surface area contributed by atoms with Crippen molar-refractivity contribution in [1.82, 2.24) is 9.80 Å². The third-order valence-electron chi connectivity index (χ3n) is 3.92. The summed E-state index contributed by atoms with van der Waals surface area (Å²) < 4.78 is 0. The van der Waals surface area contributed by atoms with Gasteiger partial charge in [0, 0.05) is 32.3 Å². The van der Waals surface area contributed by atoms with E-state index in [-0.39, 0.29) is 25.1 Å². The summed E-state index contributed by atoms with van der Waals surface area (Å²) in [4.78, 5) is 26.7. The molecule has 2 N–H and O–H groups in total. The quantitative estimate of drug-likeness (QED) is 0.773. The molecule has 1 heterocycles. The number of aliphatic carboxylic acids is 1. The number of amides is 2. The van der Waals surface area contributed by atoms with Crippen molar-refractivity contribution >= 4 is 12.0 Å². The van der Waals surface area contributed by atoms with Crippen LogP contribution in [0.4, 0.5) is 4.79 Å². The fourth-order valence-electron chi connectivity index (χ4n) is 2.84. The van der Waals surface area contributed by atoms with Crippen molar-refractivity contribution in [2.45, 2.75) is 45.6 Å². The highest BCUT2D eigenvalue weighted by Crippen LogP contribution is 2.21. The lowest BCUT2D eigenvalue weighted by Crippen LogP contribution is -2.50. The maximum atomic E-state index is 12.5. The predicted molar refractivity (Wildman–Crippen MR) is 75.5 cm³/mol. The first-order valence-electron chi connectivity index (χ1n) is 7.37. The van der Waals surface area contributed by atoms with Gasteiger partial charge in [-0.3, -0.25) is 4.79 Å². The largest absolute Gasteiger partial charge is 0.481 e. The summed E-state index contributed by atoms with van der Waals surface area (Å²) in [5.74, 6) is -0.535. The zero-order valence-corrected chi connectivity index (χ0v) is 12.4. The van der Waals surface area contributed by atoms with E-state index in [9.17, 15) is 9.59 Å². The van der Waals surface area contributed by atoms with Crippen molar-refractivity contribution in [2.75, 3.05) is 26.2 Å². The van der Waals surface area contributed by atoms with Gasteiger partial charge in [-0.15, -0.1) is 0 Å². The van der Waals surface area contributed by atoms with Crippen molar-refractivity contribution < 1.29 is 19.8 Å². The maximum absolute atomic E-state index is 12.5. The molecule has 1 saturated heterocycles. The van der Waals surface area contributed by atoms with E-state index in [2.05, 4.69) is 0 Å². The molecule has 2 amide bonds. The van der Waals surface area contributed by atoms with E-state index in [1.165, 1.54) is 0 Å². The number of nitrogens with zero attached hydrogens (tertiary/aromatic N) is 2. The Morgan fingerprint density at radius 3 is 2.70 bits per heavy atom. The number of urea groups is 1. The van der Waals surface area contributed by atoms with E-state index in [0.29, 0.717) is 19.0 Å². The van der Waals surface area contributed by atoms with Crippen molar-refractivity contribution in [3.63, 3.8) is 0 Å². The number of likely N-dealkylation sites (tertiary alicyclic amines) is 1. The molecule has 1 fully saturated rings. The summed E-state index contributed by atoms with van der Waals surface area (Å²) in [6, 6.07) is -0.382. The van der Waals surface area contributed by atoms with E-state index >= 15 is 0 Å². The van der Waals surface area contributed by atoms with Gasteiger partial charge >= 0.3 is 12.0 Å². The summed E-state index contributed by atoms with van der Waals surface area (Å²) in [6.45, 7) is 5.68. The topological polar surface area (TPSA) is 81.1 Å². The van der Waals surface area contributed by atoms with Gasteiger partial charge in [-0.25, -0.2) is 4.79 Å². The fraction of sp³-hybridized carbons (Fsp3) is 0.857. The minimum Gasteiger partial charge on any atom is -0.481 e. The Hall–Kier alpha value is -1.30. The molecule has 0 aromatic carbocycles. The van der Waals surface area contributed by atoms with E-state index < -0.39 is 5.97 Å². The van der Waals surface area contributed by atoms with Crippen LogP contribution in [0.5, 0.6) is 0 Å². The zero-order valence-electron chi connectivity index (χ0n) is 12.4. The van der Waals surface area contributed by atoms with Gasteiger partial charge in [0.2, 0.25) is 0 Å². The molecule has 6 nitrogen and oxygen atoms in total. The van der Waals surface area contributed by atoms with Crippen molar-refractivity contribution in [2.24, 2.45) is 5.92 Å². The van der Waals surface area contributed by atoms with Crippen LogP contribution in [0, 0.1) is 5.92 Å². The van der Waals surface area contributed by atoms with E-state index in [1.54, 1.807) is 16.7 Å². The average Bonchev–Trinajstić information content (AvgIpc) is 2.39. The van der Waals surface area contributed by atoms with Gasteiger partial charge in [-0.05, 0) is 39.0 Å². The molecule has 116 valence electrons. The first kappa shape index (κ1) is 16.8. The Kier molecular flexibility index (Phi) is 6.78. The molecule has 0 aliphatic carbocycles. The second-order valence-electron chi connectivity index (χ2n) is 5.48. The first-order chi connectivity index (χ1) is 9.49. The number of aliphatic hydroxyl groups excluding tert-OH is 1. The number of hydrogen-bond acceptors (Lipinski definition) is 3. The number of carbonyl (C=O) groups is 2. The van der Waals surface area contributed by atoms with Crippen LogP contribution in [0.1, 0.15) is 39.5 Å². The molecule has 0 aromatic heterocycles. The minimum atomic E-state index is -0.888. The Labute approximate surface area is 120 Å². The number of carbonyl (C=O) groups excluding carboxylic acids is 1. The maximum Gasteiger partial charge on any atom is 0.320 e. The second-order valence-corrected chi connectivity index (χ2v) is 5.48. The summed E-state index contributed by atoms with van der Waals surface area (Å²) in [5.41, 5.74) is 0.